The summed E-state index contributed by atoms with van der Waals surface area (Å²) in [5.41, 5.74) is 0. The van der Waals surface area contributed by atoms with Crippen LogP contribution < -0.4 is 23.7 Å². The number of hydrogen-bond donors (Lipinski definition) is 0. The first-order valence-corrected chi connectivity index (χ1v) is 1.79. The zero-order valence-electron chi connectivity index (χ0n) is 2.69. The van der Waals surface area contributed by atoms with Crippen molar-refractivity contribution in [3.05, 3.63) is 0 Å². The fourth-order valence-corrected chi connectivity index (χ4v) is 0. The van der Waals surface area contributed by atoms with Crippen LogP contribution in [-0.4, -0.2) is 9.26 Å². The molecule has 0 spiro atoms. The van der Waals surface area contributed by atoms with Crippen LogP contribution in [0.25, 0.3) is 0 Å². The Morgan fingerprint density at radius 1 is 1.80 bits per heavy atom. The van der Waals surface area contributed by atoms with Crippen LogP contribution >= 0.6 is 0 Å². The molecule has 0 amide bonds. The standard InChI is InChI=1S/FO2Si.Li/c1-4(2)3;/q-1;+1. The first-order valence-electron chi connectivity index (χ1n) is 0.597. The average Bonchev–Trinajstić information content (AvgIpc) is 0.811. The summed E-state index contributed by atoms with van der Waals surface area (Å²) in [7, 11) is -3.88. The maximum atomic E-state index is 9.99. The number of halogens is 1. The van der Waals surface area contributed by atoms with Gasteiger partial charge < -0.3 is 9.26 Å². The molecule has 0 aliphatic carbocycles. The van der Waals surface area contributed by atoms with E-state index in [0.717, 1.165) is 0 Å². The van der Waals surface area contributed by atoms with E-state index in [9.17, 15) is 4.11 Å². The zero-order valence-corrected chi connectivity index (χ0v) is 3.69. The quantitative estimate of drug-likeness (QED) is 0.221. The van der Waals surface area contributed by atoms with Crippen molar-refractivity contribution in [2.45, 2.75) is 0 Å². The summed E-state index contributed by atoms with van der Waals surface area (Å²) in [4.78, 5) is 8.41. The van der Waals surface area contributed by atoms with Crippen LogP contribution in [-0.2, 0) is 4.46 Å². The van der Waals surface area contributed by atoms with Gasteiger partial charge in [-0.2, -0.15) is 0 Å². The molecule has 0 bridgehead atoms. The van der Waals surface area contributed by atoms with Crippen LogP contribution in [0.1, 0.15) is 0 Å². The van der Waals surface area contributed by atoms with Crippen LogP contribution in [0.4, 0.5) is 4.11 Å². The Bertz CT molecular complexity index is 32.6. The summed E-state index contributed by atoms with van der Waals surface area (Å²) in [6.45, 7) is 0. The molecule has 24 valence electrons. The van der Waals surface area contributed by atoms with E-state index >= 15 is 0 Å². The predicted molar refractivity (Wildman–Crippen MR) is 7.55 cm³/mol. The molecule has 0 unspecified atom stereocenters. The van der Waals surface area contributed by atoms with Gasteiger partial charge in [0.2, 0.25) is 0 Å². The van der Waals surface area contributed by atoms with Gasteiger partial charge in [-0.25, -0.2) is 0 Å². The van der Waals surface area contributed by atoms with Crippen LogP contribution in [0, 0.1) is 0 Å². The predicted octanol–water partition coefficient (Wildman–Crippen LogP) is -4.26. The summed E-state index contributed by atoms with van der Waals surface area (Å²) < 4.78 is 18.4. The summed E-state index contributed by atoms with van der Waals surface area (Å²) in [6.07, 6.45) is 0. The van der Waals surface area contributed by atoms with Gasteiger partial charge in [-0.15, -0.1) is 0 Å². The molecule has 0 N–H and O–H groups in total. The Morgan fingerprint density at radius 2 is 1.80 bits per heavy atom. The van der Waals surface area contributed by atoms with E-state index in [-0.39, 0.29) is 18.9 Å². The van der Waals surface area contributed by atoms with Crippen LogP contribution in [0.3, 0.4) is 0 Å². The molecule has 0 aromatic carbocycles. The Balaban J connectivity index is 0. The second-order valence-corrected chi connectivity index (χ2v) is 0.713. The molecule has 5 heteroatoms. The smallest absolute Gasteiger partial charge is 0.560 e. The van der Waals surface area contributed by atoms with Crippen LogP contribution in [0.5, 0.6) is 0 Å². The monoisotopic (exact) mass is 86.0 g/mol. The van der Waals surface area contributed by atoms with E-state index in [1.165, 1.54) is 0 Å². The Morgan fingerprint density at radius 3 is 1.80 bits per heavy atom. The first-order chi connectivity index (χ1) is 1.73. The van der Waals surface area contributed by atoms with E-state index in [4.69, 9.17) is 9.26 Å². The van der Waals surface area contributed by atoms with E-state index in [1.807, 2.05) is 0 Å². The summed E-state index contributed by atoms with van der Waals surface area (Å²) in [5.74, 6) is 0. The van der Waals surface area contributed by atoms with Gasteiger partial charge in [-0.05, 0) is 0 Å². The maximum absolute atomic E-state index is 9.99. The molecule has 0 aromatic heterocycles. The molecule has 0 aliphatic rings. The SMILES string of the molecule is O=[Si]([O-])F.[Li+]. The largest absolute Gasteiger partial charge is 1.00 e. The van der Waals surface area contributed by atoms with Gasteiger partial charge in [0.1, 0.15) is 0 Å². The molecule has 0 atom stereocenters. The molecule has 0 saturated carbocycles. The average molecular weight is 86.0 g/mol. The molecule has 0 heterocycles. The summed E-state index contributed by atoms with van der Waals surface area (Å²) >= 11 is 0. The van der Waals surface area contributed by atoms with Crippen molar-refractivity contribution in [2.24, 2.45) is 0 Å². The fourth-order valence-electron chi connectivity index (χ4n) is 0. The van der Waals surface area contributed by atoms with Gasteiger partial charge in [0.05, 0.1) is 0 Å². The van der Waals surface area contributed by atoms with E-state index in [2.05, 4.69) is 0 Å². The van der Waals surface area contributed by atoms with Crippen LogP contribution in [0.15, 0.2) is 0 Å². The minimum atomic E-state index is -3.88. The van der Waals surface area contributed by atoms with Gasteiger partial charge in [-0.3, -0.25) is 4.11 Å². The molecule has 0 aromatic rings. The Labute approximate surface area is 42.1 Å². The molecule has 0 fully saturated rings. The van der Waals surface area contributed by atoms with Gasteiger partial charge in [0.25, 0.3) is 0 Å². The Hall–Kier alpha value is 0.344. The van der Waals surface area contributed by atoms with Crippen molar-refractivity contribution in [3.8, 4) is 0 Å². The topological polar surface area (TPSA) is 40.1 Å². The van der Waals surface area contributed by atoms with Gasteiger partial charge in [-0.1, -0.05) is 0 Å². The van der Waals surface area contributed by atoms with Crippen LogP contribution in [0.2, 0.25) is 0 Å². The molecule has 0 rings (SSSR count). The third kappa shape index (κ3) is 201. The normalized spacial score (nSPS) is 5.00. The molecule has 5 heavy (non-hydrogen) atoms. The molecule has 2 nitrogen and oxygen atoms in total. The first kappa shape index (κ1) is 9.02. The second kappa shape index (κ2) is 4.34. The van der Waals surface area contributed by atoms with Crippen molar-refractivity contribution < 1.29 is 32.2 Å². The van der Waals surface area contributed by atoms with Crippen molar-refractivity contribution in [2.75, 3.05) is 0 Å². The minimum absolute atomic E-state index is 0. The molecule has 0 saturated heterocycles. The molecular weight excluding hydrogens is 86.0 g/mol. The summed E-state index contributed by atoms with van der Waals surface area (Å²) in [6, 6.07) is 0. The Kier molecular flexibility index (Phi) is 7.84. The zero-order chi connectivity index (χ0) is 3.58. The minimum Gasteiger partial charge on any atom is -0.560 e. The number of rotatable bonds is 0. The third-order valence-corrected chi connectivity index (χ3v) is 0. The molecule has 0 radical (unpaired) electrons. The van der Waals surface area contributed by atoms with Gasteiger partial charge in [0.15, 0.2) is 0 Å². The molecular formula is FLiO2Si. The van der Waals surface area contributed by atoms with Gasteiger partial charge >= 0.3 is 28.1 Å². The molecule has 0 aliphatic heterocycles. The van der Waals surface area contributed by atoms with Crippen molar-refractivity contribution in [1.82, 2.24) is 0 Å². The summed E-state index contributed by atoms with van der Waals surface area (Å²) in [5, 5.41) is 0. The fraction of sp³-hybridized carbons (Fsp3) is 0. The van der Waals surface area contributed by atoms with Gasteiger partial charge in [0, 0.05) is 0 Å². The van der Waals surface area contributed by atoms with E-state index in [1.54, 1.807) is 0 Å². The van der Waals surface area contributed by atoms with Crippen molar-refractivity contribution in [3.63, 3.8) is 0 Å². The van der Waals surface area contributed by atoms with Crippen molar-refractivity contribution >= 4 is 9.26 Å². The maximum Gasteiger partial charge on any atom is 1.00 e. The van der Waals surface area contributed by atoms with E-state index in [0.29, 0.717) is 0 Å². The third-order valence-electron chi connectivity index (χ3n) is 0. The second-order valence-electron chi connectivity index (χ2n) is 0.238. The van der Waals surface area contributed by atoms with E-state index < -0.39 is 9.26 Å². The number of hydrogen-bond acceptors (Lipinski definition) is 2. The van der Waals surface area contributed by atoms with Crippen molar-refractivity contribution in [1.29, 1.82) is 0 Å².